The summed E-state index contributed by atoms with van der Waals surface area (Å²) >= 11 is 6.23. The first-order valence-electron chi connectivity index (χ1n) is 15.2. The second-order valence-corrected chi connectivity index (χ2v) is 14.4. The van der Waals surface area contributed by atoms with Crippen LogP contribution in [-0.4, -0.2) is 65.0 Å². The third-order valence-corrected chi connectivity index (χ3v) is 9.70. The quantitative estimate of drug-likeness (QED) is 0.148. The molecule has 3 aromatic heterocycles. The maximum Gasteiger partial charge on any atom is 0.392 e. The third-order valence-electron chi connectivity index (χ3n) is 8.18. The van der Waals surface area contributed by atoms with E-state index in [9.17, 15) is 26.4 Å². The van der Waals surface area contributed by atoms with E-state index in [1.807, 2.05) is 4.72 Å². The molecule has 11 nitrogen and oxygen atoms in total. The Morgan fingerprint density at radius 1 is 1.15 bits per heavy atom. The second kappa shape index (κ2) is 13.7. The minimum absolute atomic E-state index is 0.0842. The lowest BCUT2D eigenvalue weighted by atomic mass is 10.0. The van der Waals surface area contributed by atoms with E-state index in [1.54, 1.807) is 6.07 Å². The molecule has 1 amide bonds. The first-order valence-corrected chi connectivity index (χ1v) is 17.0. The number of alkyl halides is 3. The Hall–Kier alpha value is -3.43. The molecule has 3 aromatic rings. The molecule has 1 aliphatic heterocycles. The molecule has 4 heterocycles. The molecule has 3 N–H and O–H groups in total. The summed E-state index contributed by atoms with van der Waals surface area (Å²) in [6.45, 7) is 5.13. The predicted molar refractivity (Wildman–Crippen MR) is 166 cm³/mol. The molecule has 2 aliphatic rings. The smallest absolute Gasteiger partial charge is 0.392 e. The number of amides is 1. The zero-order valence-corrected chi connectivity index (χ0v) is 27.1. The zero-order chi connectivity index (χ0) is 33.1. The Bertz CT molecular complexity index is 1650. The van der Waals surface area contributed by atoms with Crippen molar-refractivity contribution in [1.29, 1.82) is 0 Å². The number of hydrogen-bond donors (Lipinski definition) is 3. The van der Waals surface area contributed by atoms with Crippen LogP contribution in [0.4, 0.5) is 19.0 Å². The van der Waals surface area contributed by atoms with Crippen molar-refractivity contribution in [2.45, 2.75) is 81.6 Å². The molecule has 2 fully saturated rings. The van der Waals surface area contributed by atoms with Gasteiger partial charge in [0.1, 0.15) is 11.0 Å². The van der Waals surface area contributed by atoms with Crippen molar-refractivity contribution >= 4 is 33.3 Å². The van der Waals surface area contributed by atoms with Gasteiger partial charge in [-0.2, -0.15) is 21.6 Å². The largest absolute Gasteiger partial charge is 0.477 e. The summed E-state index contributed by atoms with van der Waals surface area (Å²) in [5.41, 5.74) is 0.00618. The van der Waals surface area contributed by atoms with Gasteiger partial charge in [0.2, 0.25) is 5.88 Å². The van der Waals surface area contributed by atoms with Crippen LogP contribution in [-0.2, 0) is 10.0 Å². The van der Waals surface area contributed by atoms with Gasteiger partial charge in [-0.3, -0.25) is 4.79 Å². The highest BCUT2D eigenvalue weighted by atomic mass is 35.5. The van der Waals surface area contributed by atoms with Crippen molar-refractivity contribution in [3.05, 3.63) is 53.3 Å². The summed E-state index contributed by atoms with van der Waals surface area (Å²) in [5, 5.41) is 10.4. The van der Waals surface area contributed by atoms with E-state index >= 15 is 0 Å². The number of ether oxygens (including phenoxy) is 1. The van der Waals surface area contributed by atoms with Crippen LogP contribution in [0.1, 0.15) is 69.2 Å². The molecule has 3 atom stereocenters. The molecule has 1 saturated heterocycles. The van der Waals surface area contributed by atoms with Crippen molar-refractivity contribution in [3.8, 4) is 11.7 Å². The van der Waals surface area contributed by atoms with Crippen LogP contribution in [0.5, 0.6) is 5.88 Å². The number of nitrogens with zero attached hydrogens (tertiary/aromatic N) is 4. The van der Waals surface area contributed by atoms with Gasteiger partial charge in [0.15, 0.2) is 10.8 Å². The van der Waals surface area contributed by atoms with Crippen molar-refractivity contribution in [2.75, 3.05) is 18.5 Å². The molecule has 0 radical (unpaired) electrons. The number of anilines is 1. The van der Waals surface area contributed by atoms with Gasteiger partial charge in [-0.15, -0.1) is 5.10 Å². The van der Waals surface area contributed by atoms with Gasteiger partial charge in [-0.05, 0) is 82.6 Å². The average molecular weight is 684 g/mol. The molecule has 250 valence electrons. The van der Waals surface area contributed by atoms with Gasteiger partial charge in [0, 0.05) is 30.4 Å². The van der Waals surface area contributed by atoms with Gasteiger partial charge < -0.3 is 15.4 Å². The SMILES string of the molecule is CC1(C)CCC(CCCCNc2cccc(S(=O)(=O)NC(=O)c3ccc(-n4ccc(OCCC5CC5C(F)(F)F)n4)nc3Cl)n2)N1. The van der Waals surface area contributed by atoms with E-state index in [-0.39, 0.29) is 52.4 Å². The first kappa shape index (κ1) is 33.9. The molecule has 0 aromatic carbocycles. The number of nitrogens with one attached hydrogen (secondary N) is 3. The number of carbonyl (C=O) groups is 1. The molecular formula is C30H37ClF3N7O4S. The molecule has 0 bridgehead atoms. The van der Waals surface area contributed by atoms with Gasteiger partial charge >= 0.3 is 6.18 Å². The van der Waals surface area contributed by atoms with Crippen LogP contribution in [0.25, 0.3) is 5.82 Å². The molecular weight excluding hydrogens is 647 g/mol. The summed E-state index contributed by atoms with van der Waals surface area (Å²) < 4.78 is 72.8. The molecule has 1 saturated carbocycles. The summed E-state index contributed by atoms with van der Waals surface area (Å²) in [7, 11) is -4.33. The average Bonchev–Trinajstić information content (AvgIpc) is 3.48. The van der Waals surface area contributed by atoms with Crippen molar-refractivity contribution in [2.24, 2.45) is 11.8 Å². The number of hydrogen-bond acceptors (Lipinski definition) is 9. The van der Waals surface area contributed by atoms with Crippen LogP contribution in [0.3, 0.4) is 0 Å². The van der Waals surface area contributed by atoms with E-state index in [2.05, 4.69) is 39.5 Å². The Kier molecular flexibility index (Phi) is 10.1. The standard InChI is InChI=1S/C30H37ClF3N7O4S/c1-29(2)14-11-20(38-29)6-3-4-15-35-23-7-5-8-26(36-23)46(43,44)40-28(42)21-9-10-24(37-27(21)31)41-16-12-25(39-41)45-17-13-19-18-22(19)30(32,33)34/h5,7-10,12,16,19-20,22,38H,3-4,6,11,13-15,17-18H2,1-2H3,(H,35,36)(H,40,42). The third kappa shape index (κ3) is 8.88. The molecule has 16 heteroatoms. The summed E-state index contributed by atoms with van der Waals surface area (Å²) in [5.74, 6) is -1.92. The molecule has 46 heavy (non-hydrogen) atoms. The minimum atomic E-state index is -4.33. The lowest BCUT2D eigenvalue weighted by molar-refractivity contribution is -0.151. The maximum atomic E-state index is 13.0. The number of aromatic nitrogens is 4. The first-order chi connectivity index (χ1) is 21.7. The molecule has 0 spiro atoms. The van der Waals surface area contributed by atoms with Crippen LogP contribution in [0.15, 0.2) is 47.6 Å². The number of carbonyl (C=O) groups excluding carboxylic acids is 1. The molecule has 1 aliphatic carbocycles. The van der Waals surface area contributed by atoms with Crippen molar-refractivity contribution in [1.82, 2.24) is 29.8 Å². The molecule has 5 rings (SSSR count). The van der Waals surface area contributed by atoms with Crippen LogP contribution < -0.4 is 20.1 Å². The highest BCUT2D eigenvalue weighted by molar-refractivity contribution is 7.90. The fraction of sp³-hybridized carbons (Fsp3) is 0.533. The van der Waals surface area contributed by atoms with Crippen LogP contribution >= 0.6 is 11.6 Å². The Morgan fingerprint density at radius 3 is 2.65 bits per heavy atom. The van der Waals surface area contributed by atoms with E-state index in [0.717, 1.165) is 25.7 Å². The topological polar surface area (TPSA) is 140 Å². The second-order valence-electron chi connectivity index (χ2n) is 12.4. The number of sulfonamides is 1. The Labute approximate surface area is 270 Å². The summed E-state index contributed by atoms with van der Waals surface area (Å²) in [6, 6.07) is 9.23. The fourth-order valence-corrected chi connectivity index (χ4v) is 6.76. The lowest BCUT2D eigenvalue weighted by Crippen LogP contribution is -2.37. The predicted octanol–water partition coefficient (Wildman–Crippen LogP) is 5.51. The number of unbranched alkanes of at least 4 members (excludes halogenated alkanes) is 1. The van der Waals surface area contributed by atoms with E-state index in [0.29, 0.717) is 18.4 Å². The van der Waals surface area contributed by atoms with Gasteiger partial charge in [-0.1, -0.05) is 24.1 Å². The van der Waals surface area contributed by atoms with Crippen molar-refractivity contribution in [3.63, 3.8) is 0 Å². The van der Waals surface area contributed by atoms with E-state index in [4.69, 9.17) is 16.3 Å². The summed E-state index contributed by atoms with van der Waals surface area (Å²) in [6.07, 6.45) is 3.04. The lowest BCUT2D eigenvalue weighted by Gasteiger charge is -2.20. The number of pyridine rings is 2. The van der Waals surface area contributed by atoms with Gasteiger partial charge in [0.25, 0.3) is 15.9 Å². The number of halogens is 4. The number of rotatable bonds is 14. The van der Waals surface area contributed by atoms with Gasteiger partial charge in [0.05, 0.1) is 18.1 Å². The van der Waals surface area contributed by atoms with E-state index in [1.165, 1.54) is 47.6 Å². The van der Waals surface area contributed by atoms with Crippen molar-refractivity contribution < 1.29 is 31.1 Å². The Balaban J connectivity index is 1.10. The maximum absolute atomic E-state index is 13.0. The monoisotopic (exact) mass is 683 g/mol. The normalized spacial score (nSPS) is 20.8. The fourth-order valence-electron chi connectivity index (χ4n) is 5.59. The highest BCUT2D eigenvalue weighted by Crippen LogP contribution is 2.51. The minimum Gasteiger partial charge on any atom is -0.477 e. The van der Waals surface area contributed by atoms with Gasteiger partial charge in [-0.25, -0.2) is 19.4 Å². The van der Waals surface area contributed by atoms with Crippen LogP contribution in [0.2, 0.25) is 5.15 Å². The Morgan fingerprint density at radius 2 is 1.96 bits per heavy atom. The summed E-state index contributed by atoms with van der Waals surface area (Å²) in [4.78, 5) is 21.2. The highest BCUT2D eigenvalue weighted by Gasteiger charge is 2.55. The van der Waals surface area contributed by atoms with Crippen LogP contribution in [0, 0.1) is 11.8 Å². The molecule has 3 unspecified atom stereocenters. The van der Waals surface area contributed by atoms with E-state index < -0.39 is 33.9 Å². The zero-order valence-electron chi connectivity index (χ0n) is 25.5.